The van der Waals surface area contributed by atoms with E-state index in [4.69, 9.17) is 4.74 Å². The van der Waals surface area contributed by atoms with Gasteiger partial charge in [0, 0.05) is 5.57 Å². The normalized spacial score (nSPS) is 12.8. The van der Waals surface area contributed by atoms with Crippen molar-refractivity contribution in [1.29, 1.82) is 0 Å². The summed E-state index contributed by atoms with van der Waals surface area (Å²) in [6.07, 6.45) is -6.05. The fourth-order valence-corrected chi connectivity index (χ4v) is 0.813. The van der Waals surface area contributed by atoms with Gasteiger partial charge in [-0.25, -0.2) is 9.59 Å². The molecule has 0 aromatic rings. The van der Waals surface area contributed by atoms with Crippen molar-refractivity contribution in [3.8, 4) is 0 Å². The molecule has 0 heterocycles. The zero-order chi connectivity index (χ0) is 16.4. The minimum absolute atomic E-state index is 0.00924. The Hall–Kier alpha value is -1.67. The lowest BCUT2D eigenvalue weighted by atomic mass is 10.1. The quantitative estimate of drug-likeness (QED) is 0.445. The zero-order valence-electron chi connectivity index (χ0n) is 10.9. The number of halogens is 5. The minimum Gasteiger partial charge on any atom is -0.457 e. The van der Waals surface area contributed by atoms with Crippen molar-refractivity contribution in [2.24, 2.45) is 0 Å². The summed E-state index contributed by atoms with van der Waals surface area (Å²) in [6, 6.07) is 0. The van der Waals surface area contributed by atoms with E-state index in [-0.39, 0.29) is 5.57 Å². The lowest BCUT2D eigenvalue weighted by molar-refractivity contribution is -0.281. The number of hydrogen-bond donors (Lipinski definition) is 0. The van der Waals surface area contributed by atoms with Crippen molar-refractivity contribution in [2.45, 2.75) is 38.5 Å². The second-order valence-corrected chi connectivity index (χ2v) is 4.58. The number of hydrogen-bond acceptors (Lipinski definition) is 4. The third-order valence-corrected chi connectivity index (χ3v) is 1.88. The average molecular weight is 304 g/mol. The van der Waals surface area contributed by atoms with Crippen LogP contribution in [0.5, 0.6) is 0 Å². The van der Waals surface area contributed by atoms with E-state index in [1.54, 1.807) is 0 Å². The largest absolute Gasteiger partial charge is 0.465 e. The minimum atomic E-state index is -6.05. The van der Waals surface area contributed by atoms with Gasteiger partial charge in [0.2, 0.25) is 0 Å². The van der Waals surface area contributed by atoms with Gasteiger partial charge in [-0.15, -0.1) is 0 Å². The summed E-state index contributed by atoms with van der Waals surface area (Å²) in [4.78, 5) is 21.9. The van der Waals surface area contributed by atoms with Gasteiger partial charge in [-0.2, -0.15) is 22.0 Å². The van der Waals surface area contributed by atoms with Gasteiger partial charge >= 0.3 is 24.0 Å². The van der Waals surface area contributed by atoms with Crippen LogP contribution in [-0.4, -0.2) is 36.2 Å². The molecule has 0 radical (unpaired) electrons. The molecule has 20 heavy (non-hydrogen) atoms. The van der Waals surface area contributed by atoms with Crippen LogP contribution in [0, 0.1) is 0 Å². The summed E-state index contributed by atoms with van der Waals surface area (Å²) in [5.74, 6) is -9.28. The maximum absolute atomic E-state index is 12.6. The molecule has 0 bridgehead atoms. The molecule has 0 saturated carbocycles. The molecule has 0 saturated heterocycles. The molecule has 0 N–H and O–H groups in total. The van der Waals surface area contributed by atoms with Crippen LogP contribution in [0.2, 0.25) is 0 Å². The van der Waals surface area contributed by atoms with Crippen molar-refractivity contribution < 1.29 is 41.0 Å². The topological polar surface area (TPSA) is 52.6 Å². The van der Waals surface area contributed by atoms with Gasteiger partial charge in [0.15, 0.2) is 0 Å². The molecular weight excluding hydrogens is 291 g/mol. The number of esters is 2. The highest BCUT2D eigenvalue weighted by molar-refractivity contribution is 5.87. The van der Waals surface area contributed by atoms with Crippen LogP contribution in [0.15, 0.2) is 12.2 Å². The van der Waals surface area contributed by atoms with Crippen LogP contribution in [0.25, 0.3) is 0 Å². The van der Waals surface area contributed by atoms with E-state index in [0.717, 1.165) is 0 Å². The highest BCUT2D eigenvalue weighted by Gasteiger charge is 2.65. The third-order valence-electron chi connectivity index (χ3n) is 1.88. The highest BCUT2D eigenvalue weighted by atomic mass is 19.4. The Morgan fingerprint density at radius 1 is 1.10 bits per heavy atom. The molecule has 0 aromatic carbocycles. The first-order valence-electron chi connectivity index (χ1n) is 5.21. The van der Waals surface area contributed by atoms with E-state index < -0.39 is 36.2 Å². The summed E-state index contributed by atoms with van der Waals surface area (Å²) in [5, 5.41) is 0. The van der Waals surface area contributed by atoms with Crippen LogP contribution in [0.4, 0.5) is 22.0 Å². The Balaban J connectivity index is 4.66. The summed E-state index contributed by atoms with van der Waals surface area (Å²) in [7, 11) is 0. The van der Waals surface area contributed by atoms with Gasteiger partial charge in [0.25, 0.3) is 0 Å². The molecule has 0 unspecified atom stereocenters. The van der Waals surface area contributed by atoms with Crippen molar-refractivity contribution >= 4 is 11.9 Å². The lowest BCUT2D eigenvalue weighted by Crippen LogP contribution is -2.47. The van der Waals surface area contributed by atoms with Crippen molar-refractivity contribution in [3.63, 3.8) is 0 Å². The first-order valence-corrected chi connectivity index (χ1v) is 5.21. The third kappa shape index (κ3) is 4.78. The average Bonchev–Trinajstić information content (AvgIpc) is 2.23. The van der Waals surface area contributed by atoms with E-state index >= 15 is 0 Å². The summed E-state index contributed by atoms with van der Waals surface area (Å²) >= 11 is 0. The van der Waals surface area contributed by atoms with Crippen LogP contribution in [-0.2, 0) is 19.1 Å². The molecule has 116 valence electrons. The first-order chi connectivity index (χ1) is 8.71. The van der Waals surface area contributed by atoms with Crippen LogP contribution in [0.1, 0.15) is 20.8 Å². The number of rotatable bonds is 5. The predicted molar refractivity (Wildman–Crippen MR) is 56.9 cm³/mol. The Bertz CT molecular complexity index is 412. The van der Waals surface area contributed by atoms with Gasteiger partial charge in [0.1, 0.15) is 12.2 Å². The van der Waals surface area contributed by atoms with Crippen molar-refractivity contribution in [3.05, 3.63) is 12.2 Å². The molecule has 9 heteroatoms. The van der Waals surface area contributed by atoms with Crippen LogP contribution >= 0.6 is 0 Å². The van der Waals surface area contributed by atoms with Gasteiger partial charge in [-0.1, -0.05) is 6.58 Å². The van der Waals surface area contributed by atoms with E-state index in [1.165, 1.54) is 20.8 Å². The van der Waals surface area contributed by atoms with Gasteiger partial charge in [-0.05, 0) is 20.8 Å². The highest BCUT2D eigenvalue weighted by Crippen LogP contribution is 2.36. The molecule has 0 amide bonds. The van der Waals surface area contributed by atoms with Crippen molar-refractivity contribution in [2.75, 3.05) is 6.61 Å². The SMILES string of the molecule is C=C(C)C(=O)OC(C)(C)COC(=O)C(F)(F)C(F)(F)F. The molecule has 0 spiro atoms. The summed E-state index contributed by atoms with van der Waals surface area (Å²) < 4.78 is 69.3. The Labute approximate surface area is 111 Å². The second kappa shape index (κ2) is 5.76. The molecule has 0 aliphatic heterocycles. The monoisotopic (exact) mass is 304 g/mol. The van der Waals surface area contributed by atoms with E-state index in [9.17, 15) is 31.5 Å². The fraction of sp³-hybridized carbons (Fsp3) is 0.636. The Morgan fingerprint density at radius 3 is 1.90 bits per heavy atom. The lowest BCUT2D eigenvalue weighted by Gasteiger charge is -2.26. The molecule has 0 atom stereocenters. The van der Waals surface area contributed by atoms with E-state index in [0.29, 0.717) is 0 Å². The Morgan fingerprint density at radius 2 is 1.55 bits per heavy atom. The van der Waals surface area contributed by atoms with E-state index in [1.807, 2.05) is 0 Å². The summed E-state index contributed by atoms with van der Waals surface area (Å²) in [5.41, 5.74) is -1.59. The zero-order valence-corrected chi connectivity index (χ0v) is 10.9. The summed E-state index contributed by atoms with van der Waals surface area (Å²) in [6.45, 7) is 5.95. The van der Waals surface area contributed by atoms with E-state index in [2.05, 4.69) is 11.3 Å². The van der Waals surface area contributed by atoms with Crippen molar-refractivity contribution in [1.82, 2.24) is 0 Å². The number of carbonyl (C=O) groups excluding carboxylic acids is 2. The number of ether oxygens (including phenoxy) is 2. The molecule has 0 fully saturated rings. The second-order valence-electron chi connectivity index (χ2n) is 4.58. The maximum atomic E-state index is 12.6. The molecule has 0 aliphatic carbocycles. The van der Waals surface area contributed by atoms with Gasteiger partial charge < -0.3 is 9.47 Å². The van der Waals surface area contributed by atoms with Gasteiger partial charge in [-0.3, -0.25) is 0 Å². The maximum Gasteiger partial charge on any atom is 0.465 e. The van der Waals surface area contributed by atoms with Gasteiger partial charge in [0.05, 0.1) is 0 Å². The molecule has 0 aromatic heterocycles. The fourth-order valence-electron chi connectivity index (χ4n) is 0.813. The van der Waals surface area contributed by atoms with Crippen LogP contribution in [0.3, 0.4) is 0 Å². The molecular formula is C11H13F5O4. The first kappa shape index (κ1) is 18.3. The van der Waals surface area contributed by atoms with Crippen LogP contribution < -0.4 is 0 Å². The molecule has 0 aliphatic rings. The molecule has 0 rings (SSSR count). The molecule has 4 nitrogen and oxygen atoms in total. The Kier molecular flexibility index (Phi) is 5.28. The smallest absolute Gasteiger partial charge is 0.457 e. The number of carbonyl (C=O) groups is 2. The predicted octanol–water partition coefficient (Wildman–Crippen LogP) is 2.63. The number of alkyl halides is 5. The standard InChI is InChI=1S/C11H13F5O4/c1-6(2)7(17)20-9(3,4)5-19-8(18)10(12,13)11(14,15)16/h1,5H2,2-4H3.